The fourth-order valence-electron chi connectivity index (χ4n) is 1.45. The fraction of sp³-hybridized carbons (Fsp3) is 0. The summed E-state index contributed by atoms with van der Waals surface area (Å²) in [4.78, 5) is 0. The van der Waals surface area contributed by atoms with Gasteiger partial charge in [-0.05, 0) is 24.3 Å². The molecular weight excluding hydrogens is 200 g/mol. The number of rotatable bonds is 1. The molecule has 0 N–H and O–H groups in total. The lowest BCUT2D eigenvalue weighted by Gasteiger charge is -2.03. The second-order valence-electron chi connectivity index (χ2n) is 3.06. The van der Waals surface area contributed by atoms with Crippen molar-refractivity contribution in [2.24, 2.45) is 0 Å². The van der Waals surface area contributed by atoms with E-state index in [1.807, 2.05) is 12.1 Å². The molecule has 2 rings (SSSR count). The topological polar surface area (TPSA) is 73.4 Å². The van der Waals surface area contributed by atoms with Gasteiger partial charge in [0.25, 0.3) is 0 Å². The van der Waals surface area contributed by atoms with Gasteiger partial charge in [0.15, 0.2) is 0 Å². The Morgan fingerprint density at radius 3 is 2.12 bits per heavy atom. The average Bonchev–Trinajstić information content (AvgIpc) is 2.38. The minimum atomic E-state index is 0.430. The largest absolute Gasteiger partial charge is 0.192 e. The van der Waals surface area contributed by atoms with Crippen LogP contribution in [0, 0.1) is 22.7 Å². The van der Waals surface area contributed by atoms with Crippen LogP contribution in [0.5, 0.6) is 0 Å². The molecule has 0 saturated carbocycles. The van der Waals surface area contributed by atoms with Gasteiger partial charge in [0.05, 0.1) is 29.0 Å². The molecular formula is C12H6N4. The minimum absolute atomic E-state index is 0.430. The Kier molecular flexibility index (Phi) is 2.58. The lowest BCUT2D eigenvalue weighted by Crippen LogP contribution is -1.93. The lowest BCUT2D eigenvalue weighted by atomic mass is 9.99. The third-order valence-corrected chi connectivity index (χ3v) is 2.13. The van der Waals surface area contributed by atoms with Gasteiger partial charge in [-0.3, -0.25) is 0 Å². The molecule has 0 unspecified atom stereocenters. The van der Waals surface area contributed by atoms with Crippen LogP contribution < -0.4 is 0 Å². The van der Waals surface area contributed by atoms with E-state index in [2.05, 4.69) is 10.2 Å². The number of hydrogen-bond acceptors (Lipinski definition) is 4. The first-order chi connectivity index (χ1) is 7.86. The van der Waals surface area contributed by atoms with E-state index in [-0.39, 0.29) is 0 Å². The molecule has 0 atom stereocenters. The summed E-state index contributed by atoms with van der Waals surface area (Å²) in [7, 11) is 0. The SMILES string of the molecule is N#Cc1cccc(C#N)c1-c1cccnn1. The first-order valence-corrected chi connectivity index (χ1v) is 4.58. The van der Waals surface area contributed by atoms with Crippen molar-refractivity contribution < 1.29 is 0 Å². The van der Waals surface area contributed by atoms with Crippen LogP contribution in [-0.2, 0) is 0 Å². The van der Waals surface area contributed by atoms with Crippen LogP contribution in [-0.4, -0.2) is 10.2 Å². The molecule has 0 fully saturated rings. The molecule has 0 saturated heterocycles. The molecule has 0 radical (unpaired) electrons. The maximum absolute atomic E-state index is 8.99. The molecule has 74 valence electrons. The standard InChI is InChI=1S/C12H6N4/c13-7-9-3-1-4-10(8-14)12(9)11-5-2-6-15-16-11/h1-6H. The van der Waals surface area contributed by atoms with Crippen molar-refractivity contribution >= 4 is 0 Å². The van der Waals surface area contributed by atoms with Crippen LogP contribution in [0.1, 0.15) is 11.1 Å². The summed E-state index contributed by atoms with van der Waals surface area (Å²) in [6, 6.07) is 12.5. The molecule has 1 heterocycles. The number of nitriles is 2. The zero-order chi connectivity index (χ0) is 11.4. The van der Waals surface area contributed by atoms with Gasteiger partial charge in [-0.15, -0.1) is 0 Å². The molecule has 4 heteroatoms. The van der Waals surface area contributed by atoms with E-state index in [1.165, 1.54) is 0 Å². The molecule has 1 aromatic carbocycles. The maximum Gasteiger partial charge on any atom is 0.0999 e. The van der Waals surface area contributed by atoms with Gasteiger partial charge in [-0.2, -0.15) is 20.7 Å². The van der Waals surface area contributed by atoms with Crippen molar-refractivity contribution in [2.75, 3.05) is 0 Å². The van der Waals surface area contributed by atoms with Crippen molar-refractivity contribution in [1.82, 2.24) is 10.2 Å². The predicted molar refractivity (Wildman–Crippen MR) is 56.9 cm³/mol. The fourth-order valence-corrected chi connectivity index (χ4v) is 1.45. The summed E-state index contributed by atoms with van der Waals surface area (Å²) >= 11 is 0. The Morgan fingerprint density at radius 1 is 0.938 bits per heavy atom. The quantitative estimate of drug-likeness (QED) is 0.714. The van der Waals surface area contributed by atoms with Gasteiger partial charge in [-0.25, -0.2) is 0 Å². The Bertz CT molecular complexity index is 558. The van der Waals surface area contributed by atoms with Crippen LogP contribution in [0.3, 0.4) is 0 Å². The van der Waals surface area contributed by atoms with Gasteiger partial charge in [-0.1, -0.05) is 6.07 Å². The Hall–Kier alpha value is -2.72. The third kappa shape index (κ3) is 1.60. The van der Waals surface area contributed by atoms with Gasteiger partial charge in [0, 0.05) is 11.8 Å². The normalized spacial score (nSPS) is 9.12. The molecule has 2 aromatic rings. The van der Waals surface area contributed by atoms with Gasteiger partial charge in [0.2, 0.25) is 0 Å². The molecule has 0 bridgehead atoms. The monoisotopic (exact) mass is 206 g/mol. The number of aromatic nitrogens is 2. The van der Waals surface area contributed by atoms with Crippen LogP contribution >= 0.6 is 0 Å². The minimum Gasteiger partial charge on any atom is -0.192 e. The smallest absolute Gasteiger partial charge is 0.0999 e. The van der Waals surface area contributed by atoms with E-state index in [1.54, 1.807) is 36.5 Å². The first kappa shape index (κ1) is 9.82. The van der Waals surface area contributed by atoms with Crippen molar-refractivity contribution in [3.63, 3.8) is 0 Å². The molecule has 4 nitrogen and oxygen atoms in total. The molecule has 1 aromatic heterocycles. The van der Waals surface area contributed by atoms with Crippen LogP contribution in [0.15, 0.2) is 36.5 Å². The van der Waals surface area contributed by atoms with Crippen LogP contribution in [0.2, 0.25) is 0 Å². The summed E-state index contributed by atoms with van der Waals surface area (Å²) in [6.45, 7) is 0. The van der Waals surface area contributed by atoms with Gasteiger partial charge >= 0.3 is 0 Å². The highest BCUT2D eigenvalue weighted by molar-refractivity contribution is 5.73. The molecule has 0 aliphatic heterocycles. The van der Waals surface area contributed by atoms with Crippen molar-refractivity contribution in [2.45, 2.75) is 0 Å². The third-order valence-electron chi connectivity index (χ3n) is 2.13. The molecule has 0 amide bonds. The summed E-state index contributed by atoms with van der Waals surface area (Å²) in [5.41, 5.74) is 1.94. The Labute approximate surface area is 92.4 Å². The average molecular weight is 206 g/mol. The number of hydrogen-bond donors (Lipinski definition) is 0. The van der Waals surface area contributed by atoms with Crippen molar-refractivity contribution in [3.8, 4) is 23.4 Å². The number of benzene rings is 1. The maximum atomic E-state index is 8.99. The molecule has 0 aliphatic rings. The zero-order valence-electron chi connectivity index (χ0n) is 8.25. The highest BCUT2D eigenvalue weighted by atomic mass is 15.1. The highest BCUT2D eigenvalue weighted by Crippen LogP contribution is 2.24. The Morgan fingerprint density at radius 2 is 1.62 bits per heavy atom. The first-order valence-electron chi connectivity index (χ1n) is 4.58. The van der Waals surface area contributed by atoms with E-state index in [9.17, 15) is 0 Å². The van der Waals surface area contributed by atoms with Gasteiger partial charge < -0.3 is 0 Å². The summed E-state index contributed by atoms with van der Waals surface area (Å²) in [5, 5.41) is 25.6. The summed E-state index contributed by atoms with van der Waals surface area (Å²) in [5.74, 6) is 0. The van der Waals surface area contributed by atoms with Crippen molar-refractivity contribution in [3.05, 3.63) is 47.7 Å². The van der Waals surface area contributed by atoms with E-state index in [0.717, 1.165) is 0 Å². The van der Waals surface area contributed by atoms with E-state index < -0.39 is 0 Å². The lowest BCUT2D eigenvalue weighted by molar-refractivity contribution is 1.04. The molecule has 0 spiro atoms. The second kappa shape index (κ2) is 4.20. The Balaban J connectivity index is 2.74. The van der Waals surface area contributed by atoms with E-state index >= 15 is 0 Å². The van der Waals surface area contributed by atoms with Gasteiger partial charge in [0.1, 0.15) is 0 Å². The number of nitrogens with zero attached hydrogens (tertiary/aromatic N) is 4. The van der Waals surface area contributed by atoms with Crippen LogP contribution in [0.25, 0.3) is 11.3 Å². The van der Waals surface area contributed by atoms with Crippen LogP contribution in [0.4, 0.5) is 0 Å². The molecule has 16 heavy (non-hydrogen) atoms. The zero-order valence-corrected chi connectivity index (χ0v) is 8.25. The van der Waals surface area contributed by atoms with E-state index in [4.69, 9.17) is 10.5 Å². The summed E-state index contributed by atoms with van der Waals surface area (Å²) < 4.78 is 0. The van der Waals surface area contributed by atoms with E-state index in [0.29, 0.717) is 22.4 Å². The highest BCUT2D eigenvalue weighted by Gasteiger charge is 2.11. The molecule has 0 aliphatic carbocycles. The van der Waals surface area contributed by atoms with Crippen molar-refractivity contribution in [1.29, 1.82) is 10.5 Å². The predicted octanol–water partition coefficient (Wildman–Crippen LogP) is 1.89. The second-order valence-corrected chi connectivity index (χ2v) is 3.06. The summed E-state index contributed by atoms with van der Waals surface area (Å²) in [6.07, 6.45) is 1.55.